The highest BCUT2D eigenvalue weighted by atomic mass is 16.5. The second-order valence-corrected chi connectivity index (χ2v) is 5.03. The van der Waals surface area contributed by atoms with Gasteiger partial charge in [-0.2, -0.15) is 0 Å². The fourth-order valence-electron chi connectivity index (χ4n) is 2.84. The van der Waals surface area contributed by atoms with E-state index in [0.29, 0.717) is 5.92 Å². The van der Waals surface area contributed by atoms with Gasteiger partial charge in [-0.05, 0) is 24.8 Å². The lowest BCUT2D eigenvalue weighted by atomic mass is 9.81. The van der Waals surface area contributed by atoms with Crippen molar-refractivity contribution in [3.8, 4) is 11.5 Å². The van der Waals surface area contributed by atoms with Crippen LogP contribution in [0.15, 0.2) is 18.2 Å². The molecule has 1 aliphatic rings. The summed E-state index contributed by atoms with van der Waals surface area (Å²) in [6.07, 6.45) is 6.42. The summed E-state index contributed by atoms with van der Waals surface area (Å²) in [6, 6.07) is 5.99. The third kappa shape index (κ3) is 2.78. The Morgan fingerprint density at radius 3 is 2.44 bits per heavy atom. The van der Waals surface area contributed by atoms with E-state index in [-0.39, 0.29) is 6.04 Å². The first-order valence-electron chi connectivity index (χ1n) is 6.73. The quantitative estimate of drug-likeness (QED) is 0.890. The van der Waals surface area contributed by atoms with E-state index in [4.69, 9.17) is 15.2 Å². The van der Waals surface area contributed by atoms with Gasteiger partial charge < -0.3 is 15.2 Å². The Kier molecular flexibility index (Phi) is 4.48. The van der Waals surface area contributed by atoms with Gasteiger partial charge in [-0.1, -0.05) is 25.3 Å². The van der Waals surface area contributed by atoms with Crippen LogP contribution in [0.5, 0.6) is 11.5 Å². The van der Waals surface area contributed by atoms with E-state index in [1.54, 1.807) is 14.2 Å². The highest BCUT2D eigenvalue weighted by Crippen LogP contribution is 2.37. The number of hydrogen-bond donors (Lipinski definition) is 1. The van der Waals surface area contributed by atoms with Gasteiger partial charge in [0, 0.05) is 17.7 Å². The predicted octanol–water partition coefficient (Wildman–Crippen LogP) is 3.28. The standard InChI is InChI=1S/C15H23NO2/c1-17-12-8-9-13(14(10-12)18-2)15(16)11-6-4-3-5-7-11/h8-11,15H,3-7,16H2,1-2H3. The molecule has 100 valence electrons. The van der Waals surface area contributed by atoms with Gasteiger partial charge in [-0.3, -0.25) is 0 Å². The van der Waals surface area contributed by atoms with Crippen LogP contribution in [0, 0.1) is 5.92 Å². The Morgan fingerprint density at radius 1 is 1.11 bits per heavy atom. The molecule has 0 amide bonds. The molecule has 0 aliphatic heterocycles. The van der Waals surface area contributed by atoms with Crippen molar-refractivity contribution in [1.82, 2.24) is 0 Å². The Balaban J connectivity index is 2.20. The van der Waals surface area contributed by atoms with Crippen molar-refractivity contribution in [3.63, 3.8) is 0 Å². The summed E-state index contributed by atoms with van der Waals surface area (Å²) in [4.78, 5) is 0. The van der Waals surface area contributed by atoms with E-state index in [0.717, 1.165) is 17.1 Å². The maximum absolute atomic E-state index is 6.42. The molecule has 2 rings (SSSR count). The molecule has 0 bridgehead atoms. The zero-order chi connectivity index (χ0) is 13.0. The smallest absolute Gasteiger partial charge is 0.127 e. The first-order chi connectivity index (χ1) is 8.76. The van der Waals surface area contributed by atoms with Crippen LogP contribution in [-0.2, 0) is 0 Å². The van der Waals surface area contributed by atoms with Crippen molar-refractivity contribution in [3.05, 3.63) is 23.8 Å². The molecule has 1 aromatic carbocycles. The predicted molar refractivity (Wildman–Crippen MR) is 73.0 cm³/mol. The maximum Gasteiger partial charge on any atom is 0.127 e. The fourth-order valence-corrected chi connectivity index (χ4v) is 2.84. The average molecular weight is 249 g/mol. The number of methoxy groups -OCH3 is 2. The molecular formula is C15H23NO2. The zero-order valence-electron chi connectivity index (χ0n) is 11.3. The second kappa shape index (κ2) is 6.10. The van der Waals surface area contributed by atoms with E-state index < -0.39 is 0 Å². The van der Waals surface area contributed by atoms with E-state index in [1.165, 1.54) is 32.1 Å². The number of benzene rings is 1. The monoisotopic (exact) mass is 249 g/mol. The Labute approximate surface area is 109 Å². The maximum atomic E-state index is 6.42. The Morgan fingerprint density at radius 2 is 1.83 bits per heavy atom. The molecule has 0 heterocycles. The summed E-state index contributed by atoms with van der Waals surface area (Å²) in [6.45, 7) is 0. The van der Waals surface area contributed by atoms with Crippen LogP contribution in [0.25, 0.3) is 0 Å². The lowest BCUT2D eigenvalue weighted by Gasteiger charge is -2.28. The lowest BCUT2D eigenvalue weighted by Crippen LogP contribution is -2.24. The SMILES string of the molecule is COc1ccc(C(N)C2CCCCC2)c(OC)c1. The van der Waals surface area contributed by atoms with Crippen LogP contribution in [0.4, 0.5) is 0 Å². The average Bonchev–Trinajstić information content (AvgIpc) is 2.46. The Bertz CT molecular complexity index is 386. The topological polar surface area (TPSA) is 44.5 Å². The van der Waals surface area contributed by atoms with Crippen molar-refractivity contribution in [1.29, 1.82) is 0 Å². The van der Waals surface area contributed by atoms with Gasteiger partial charge in [0.2, 0.25) is 0 Å². The van der Waals surface area contributed by atoms with Crippen LogP contribution >= 0.6 is 0 Å². The van der Waals surface area contributed by atoms with Gasteiger partial charge in [0.1, 0.15) is 11.5 Å². The van der Waals surface area contributed by atoms with Crippen LogP contribution in [-0.4, -0.2) is 14.2 Å². The molecule has 0 aromatic heterocycles. The molecule has 18 heavy (non-hydrogen) atoms. The summed E-state index contributed by atoms with van der Waals surface area (Å²) in [5.74, 6) is 2.24. The van der Waals surface area contributed by atoms with Crippen LogP contribution in [0.2, 0.25) is 0 Å². The van der Waals surface area contributed by atoms with Crippen LogP contribution in [0.3, 0.4) is 0 Å². The number of nitrogens with two attached hydrogens (primary N) is 1. The van der Waals surface area contributed by atoms with Gasteiger partial charge in [-0.15, -0.1) is 0 Å². The van der Waals surface area contributed by atoms with Gasteiger partial charge in [0.15, 0.2) is 0 Å². The third-order valence-corrected chi connectivity index (χ3v) is 3.96. The minimum absolute atomic E-state index is 0.0751. The summed E-state index contributed by atoms with van der Waals surface area (Å²) < 4.78 is 10.7. The molecular weight excluding hydrogens is 226 g/mol. The third-order valence-electron chi connectivity index (χ3n) is 3.96. The van der Waals surface area contributed by atoms with Gasteiger partial charge >= 0.3 is 0 Å². The van der Waals surface area contributed by atoms with Crippen LogP contribution < -0.4 is 15.2 Å². The van der Waals surface area contributed by atoms with Crippen molar-refractivity contribution >= 4 is 0 Å². The Hall–Kier alpha value is -1.22. The highest BCUT2D eigenvalue weighted by molar-refractivity contribution is 5.42. The van der Waals surface area contributed by atoms with Gasteiger partial charge in [0.05, 0.1) is 14.2 Å². The normalized spacial score (nSPS) is 18.4. The molecule has 1 atom stereocenters. The molecule has 3 heteroatoms. The van der Waals surface area contributed by atoms with E-state index in [1.807, 2.05) is 18.2 Å². The van der Waals surface area contributed by atoms with Gasteiger partial charge in [0.25, 0.3) is 0 Å². The van der Waals surface area contributed by atoms with E-state index >= 15 is 0 Å². The molecule has 3 nitrogen and oxygen atoms in total. The van der Waals surface area contributed by atoms with E-state index in [2.05, 4.69) is 0 Å². The first-order valence-corrected chi connectivity index (χ1v) is 6.73. The molecule has 1 saturated carbocycles. The largest absolute Gasteiger partial charge is 0.497 e. The molecule has 1 aliphatic carbocycles. The fraction of sp³-hybridized carbons (Fsp3) is 0.600. The minimum atomic E-state index is 0.0751. The summed E-state index contributed by atoms with van der Waals surface area (Å²) in [5.41, 5.74) is 7.52. The molecule has 0 saturated heterocycles. The number of ether oxygens (including phenoxy) is 2. The molecule has 0 spiro atoms. The molecule has 1 aromatic rings. The first kappa shape index (κ1) is 13.2. The van der Waals surface area contributed by atoms with Crippen molar-refractivity contribution in [2.45, 2.75) is 38.1 Å². The van der Waals surface area contributed by atoms with Crippen molar-refractivity contribution < 1.29 is 9.47 Å². The molecule has 2 N–H and O–H groups in total. The summed E-state index contributed by atoms with van der Waals surface area (Å²) in [5, 5.41) is 0. The summed E-state index contributed by atoms with van der Waals surface area (Å²) in [7, 11) is 3.35. The van der Waals surface area contributed by atoms with Crippen LogP contribution in [0.1, 0.15) is 43.7 Å². The molecule has 1 fully saturated rings. The zero-order valence-corrected chi connectivity index (χ0v) is 11.3. The van der Waals surface area contributed by atoms with Gasteiger partial charge in [-0.25, -0.2) is 0 Å². The highest BCUT2D eigenvalue weighted by Gasteiger charge is 2.24. The van der Waals surface area contributed by atoms with Crippen molar-refractivity contribution in [2.24, 2.45) is 11.7 Å². The number of rotatable bonds is 4. The van der Waals surface area contributed by atoms with E-state index in [9.17, 15) is 0 Å². The minimum Gasteiger partial charge on any atom is -0.497 e. The molecule has 1 unspecified atom stereocenters. The summed E-state index contributed by atoms with van der Waals surface area (Å²) >= 11 is 0. The second-order valence-electron chi connectivity index (χ2n) is 5.03. The lowest BCUT2D eigenvalue weighted by molar-refractivity contribution is 0.300. The molecule has 0 radical (unpaired) electrons. The van der Waals surface area contributed by atoms with Crippen molar-refractivity contribution in [2.75, 3.05) is 14.2 Å². The number of hydrogen-bond acceptors (Lipinski definition) is 3.